The van der Waals surface area contributed by atoms with Crippen molar-refractivity contribution in [2.45, 2.75) is 19.1 Å². The lowest BCUT2D eigenvalue weighted by Gasteiger charge is -2.34. The van der Waals surface area contributed by atoms with Crippen LogP contribution in [0, 0.1) is 5.82 Å². The van der Waals surface area contributed by atoms with Gasteiger partial charge in [0, 0.05) is 32.2 Å². The molecule has 2 atom stereocenters. The average Bonchev–Trinajstić information content (AvgIpc) is 2.73. The summed E-state index contributed by atoms with van der Waals surface area (Å²) in [5.74, 6) is -4.45. The van der Waals surface area contributed by atoms with Crippen molar-refractivity contribution in [2.24, 2.45) is 0 Å². The molecular formula is C19H21FN2O8. The molecule has 0 aliphatic carbocycles. The molecule has 0 aromatic heterocycles. The van der Waals surface area contributed by atoms with E-state index in [2.05, 4.69) is 0 Å². The van der Waals surface area contributed by atoms with Crippen molar-refractivity contribution in [2.75, 3.05) is 44.4 Å². The van der Waals surface area contributed by atoms with Gasteiger partial charge in [-0.3, -0.25) is 14.4 Å². The third-order valence-electron chi connectivity index (χ3n) is 4.72. The number of halogens is 1. The molecular weight excluding hydrogens is 403 g/mol. The lowest BCUT2D eigenvalue weighted by atomic mass is 10.1. The van der Waals surface area contributed by atoms with Gasteiger partial charge in [-0.05, 0) is 18.2 Å². The number of carbonyl (C=O) groups excluding carboxylic acids is 3. The van der Waals surface area contributed by atoms with Crippen molar-refractivity contribution in [3.05, 3.63) is 29.6 Å². The van der Waals surface area contributed by atoms with E-state index in [1.165, 1.54) is 21.9 Å². The zero-order chi connectivity index (χ0) is 21.8. The number of benzene rings is 1. The Morgan fingerprint density at radius 1 is 1.20 bits per heavy atom. The highest BCUT2D eigenvalue weighted by Crippen LogP contribution is 2.25. The van der Waals surface area contributed by atoms with E-state index in [1.54, 1.807) is 0 Å². The molecule has 10 nitrogen and oxygen atoms in total. The van der Waals surface area contributed by atoms with Crippen LogP contribution >= 0.6 is 0 Å². The molecule has 1 aromatic rings. The Kier molecular flexibility index (Phi) is 6.63. The smallest absolute Gasteiger partial charge is 0.348 e. The number of carboxylic acids is 1. The number of amides is 2. The van der Waals surface area contributed by atoms with Gasteiger partial charge in [-0.2, -0.15) is 0 Å². The summed E-state index contributed by atoms with van der Waals surface area (Å²) in [6.45, 7) is 2.38. The fourth-order valence-corrected chi connectivity index (χ4v) is 3.28. The number of aliphatic carboxylic acids is 1. The van der Waals surface area contributed by atoms with E-state index in [4.69, 9.17) is 14.2 Å². The van der Waals surface area contributed by atoms with Crippen LogP contribution in [0.2, 0.25) is 0 Å². The standard InChI is InChI=1S/C19H21FN2O8/c1-11(23)30-16(19(26)27)15-18(25)22(6-9-29-15)12-2-3-14(20)13(10-12)17(24)21-4-7-28-8-5-21/h2-3,10,15-16H,4-9H2,1H3,(H,26,27)/t15-,16?/m1/s1. The zero-order valence-electron chi connectivity index (χ0n) is 16.2. The van der Waals surface area contributed by atoms with Gasteiger partial charge in [-0.1, -0.05) is 0 Å². The number of morpholine rings is 2. The summed E-state index contributed by atoms with van der Waals surface area (Å²) in [7, 11) is 0. The first kappa shape index (κ1) is 21.7. The van der Waals surface area contributed by atoms with Crippen LogP contribution < -0.4 is 4.90 Å². The van der Waals surface area contributed by atoms with Gasteiger partial charge in [0.05, 0.1) is 25.4 Å². The molecule has 3 rings (SSSR count). The zero-order valence-corrected chi connectivity index (χ0v) is 16.2. The Hall–Kier alpha value is -3.05. The Balaban J connectivity index is 1.85. The molecule has 1 N–H and O–H groups in total. The minimum Gasteiger partial charge on any atom is -0.478 e. The minimum absolute atomic E-state index is 0.0361. The predicted molar refractivity (Wildman–Crippen MR) is 98.4 cm³/mol. The predicted octanol–water partition coefficient (Wildman–Crippen LogP) is 0.0462. The highest BCUT2D eigenvalue weighted by Gasteiger charge is 2.42. The summed E-state index contributed by atoms with van der Waals surface area (Å²) in [6, 6.07) is 3.63. The van der Waals surface area contributed by atoms with E-state index < -0.39 is 41.8 Å². The molecule has 2 aliphatic heterocycles. The van der Waals surface area contributed by atoms with Crippen LogP contribution in [0.15, 0.2) is 18.2 Å². The van der Waals surface area contributed by atoms with Gasteiger partial charge in [0.15, 0.2) is 6.10 Å². The summed E-state index contributed by atoms with van der Waals surface area (Å²) in [6.07, 6.45) is -3.39. The lowest BCUT2D eigenvalue weighted by molar-refractivity contribution is -0.177. The number of nitrogens with zero attached hydrogens (tertiary/aromatic N) is 2. The van der Waals surface area contributed by atoms with Crippen LogP contribution in [0.1, 0.15) is 17.3 Å². The summed E-state index contributed by atoms with van der Waals surface area (Å²) >= 11 is 0. The molecule has 0 saturated carbocycles. The summed E-state index contributed by atoms with van der Waals surface area (Å²) in [4.78, 5) is 50.8. The van der Waals surface area contributed by atoms with E-state index in [0.29, 0.717) is 26.3 Å². The first-order valence-electron chi connectivity index (χ1n) is 9.29. The van der Waals surface area contributed by atoms with Gasteiger partial charge in [-0.25, -0.2) is 9.18 Å². The number of rotatable bonds is 5. The first-order valence-corrected chi connectivity index (χ1v) is 9.29. The summed E-state index contributed by atoms with van der Waals surface area (Å²) in [5, 5.41) is 9.31. The third-order valence-corrected chi connectivity index (χ3v) is 4.72. The second-order valence-corrected chi connectivity index (χ2v) is 6.72. The SMILES string of the molecule is CC(=O)OC(C(=O)O)[C@H]1OCCN(c2ccc(F)c(C(=O)N3CCOCC3)c2)C1=O. The number of anilines is 1. The van der Waals surface area contributed by atoms with Crippen LogP contribution in [-0.4, -0.2) is 85.4 Å². The molecule has 2 aliphatic rings. The monoisotopic (exact) mass is 424 g/mol. The number of carboxylic acid groups (broad SMARTS) is 1. The molecule has 1 aromatic carbocycles. The second-order valence-electron chi connectivity index (χ2n) is 6.72. The summed E-state index contributed by atoms with van der Waals surface area (Å²) < 4.78 is 29.5. The maximum atomic E-state index is 14.4. The molecule has 2 fully saturated rings. The van der Waals surface area contributed by atoms with Gasteiger partial charge in [0.2, 0.25) is 6.10 Å². The maximum Gasteiger partial charge on any atom is 0.348 e. The maximum absolute atomic E-state index is 14.4. The topological polar surface area (TPSA) is 123 Å². The highest BCUT2D eigenvalue weighted by atomic mass is 19.1. The average molecular weight is 424 g/mol. The molecule has 2 saturated heterocycles. The Labute approximate surface area is 171 Å². The van der Waals surface area contributed by atoms with Gasteiger partial charge in [0.1, 0.15) is 5.82 Å². The Bertz CT molecular complexity index is 855. The number of ether oxygens (including phenoxy) is 3. The lowest BCUT2D eigenvalue weighted by Crippen LogP contribution is -2.55. The van der Waals surface area contributed by atoms with Crippen LogP contribution in [0.25, 0.3) is 0 Å². The Morgan fingerprint density at radius 3 is 2.53 bits per heavy atom. The molecule has 30 heavy (non-hydrogen) atoms. The van der Waals surface area contributed by atoms with E-state index in [9.17, 15) is 28.7 Å². The molecule has 11 heteroatoms. The van der Waals surface area contributed by atoms with Crippen LogP contribution in [0.3, 0.4) is 0 Å². The van der Waals surface area contributed by atoms with Crippen molar-refractivity contribution < 1.29 is 42.9 Å². The number of hydrogen-bond acceptors (Lipinski definition) is 7. The minimum atomic E-state index is -1.83. The van der Waals surface area contributed by atoms with Crippen LogP contribution in [0.5, 0.6) is 0 Å². The molecule has 2 heterocycles. The largest absolute Gasteiger partial charge is 0.478 e. The van der Waals surface area contributed by atoms with Crippen molar-refractivity contribution in [3.63, 3.8) is 0 Å². The molecule has 1 unspecified atom stereocenters. The second kappa shape index (κ2) is 9.18. The van der Waals surface area contributed by atoms with Crippen LogP contribution in [0.4, 0.5) is 10.1 Å². The van der Waals surface area contributed by atoms with E-state index in [-0.39, 0.29) is 24.4 Å². The van der Waals surface area contributed by atoms with Crippen molar-refractivity contribution in [1.29, 1.82) is 0 Å². The summed E-state index contributed by atoms with van der Waals surface area (Å²) in [5.41, 5.74) is -0.00159. The third kappa shape index (κ3) is 4.57. The normalized spacial score (nSPS) is 20.6. The fourth-order valence-electron chi connectivity index (χ4n) is 3.28. The van der Waals surface area contributed by atoms with Gasteiger partial charge in [0.25, 0.3) is 11.8 Å². The van der Waals surface area contributed by atoms with Gasteiger partial charge < -0.3 is 29.1 Å². The molecule has 0 spiro atoms. The van der Waals surface area contributed by atoms with Crippen molar-refractivity contribution >= 4 is 29.4 Å². The Morgan fingerprint density at radius 2 is 1.90 bits per heavy atom. The van der Waals surface area contributed by atoms with Crippen LogP contribution in [-0.2, 0) is 28.6 Å². The molecule has 162 valence electrons. The van der Waals surface area contributed by atoms with E-state index in [0.717, 1.165) is 13.0 Å². The van der Waals surface area contributed by atoms with E-state index in [1.807, 2.05) is 0 Å². The number of carbonyl (C=O) groups is 4. The molecule has 0 bridgehead atoms. The van der Waals surface area contributed by atoms with Gasteiger partial charge >= 0.3 is 11.9 Å². The van der Waals surface area contributed by atoms with Gasteiger partial charge in [-0.15, -0.1) is 0 Å². The highest BCUT2D eigenvalue weighted by molar-refractivity contribution is 6.02. The van der Waals surface area contributed by atoms with Crippen molar-refractivity contribution in [3.8, 4) is 0 Å². The number of esters is 1. The first-order chi connectivity index (χ1) is 14.3. The fraction of sp³-hybridized carbons (Fsp3) is 0.474. The quantitative estimate of drug-likeness (QED) is 0.658. The van der Waals surface area contributed by atoms with Crippen molar-refractivity contribution in [1.82, 2.24) is 4.90 Å². The number of hydrogen-bond donors (Lipinski definition) is 1. The van der Waals surface area contributed by atoms with E-state index >= 15 is 0 Å². The molecule has 0 radical (unpaired) electrons. The molecule has 2 amide bonds.